The van der Waals surface area contributed by atoms with E-state index >= 15 is 0 Å². The highest BCUT2D eigenvalue weighted by atomic mass is 16.6. The summed E-state index contributed by atoms with van der Waals surface area (Å²) in [7, 11) is 0. The molecular formula is C23H34N6O9. The number of anilines is 1. The van der Waals surface area contributed by atoms with Gasteiger partial charge in [-0.1, -0.05) is 13.8 Å². The highest BCUT2D eigenvalue weighted by molar-refractivity contribution is 5.91. The molecule has 0 aromatic carbocycles. The van der Waals surface area contributed by atoms with Gasteiger partial charge < -0.3 is 29.7 Å². The number of fused-ring (bicyclic) bond motifs is 1. The summed E-state index contributed by atoms with van der Waals surface area (Å²) in [5.74, 6) is -1.28. The minimum absolute atomic E-state index is 0.00466. The molecule has 15 nitrogen and oxygen atoms in total. The van der Waals surface area contributed by atoms with Gasteiger partial charge in [-0.3, -0.25) is 29.3 Å². The van der Waals surface area contributed by atoms with Crippen LogP contribution in [0.5, 0.6) is 0 Å². The normalized spacial score (nSPS) is 21.5. The summed E-state index contributed by atoms with van der Waals surface area (Å²) >= 11 is 0. The number of aromatic nitrogens is 4. The van der Waals surface area contributed by atoms with Crippen LogP contribution in [0.25, 0.3) is 11.2 Å². The van der Waals surface area contributed by atoms with Crippen molar-refractivity contribution in [2.45, 2.75) is 77.6 Å². The van der Waals surface area contributed by atoms with Gasteiger partial charge in [0.1, 0.15) is 17.8 Å². The number of carbonyl (C=O) groups is 3. The lowest BCUT2D eigenvalue weighted by molar-refractivity contribution is -0.154. The molecule has 0 spiro atoms. The molecule has 15 heteroatoms. The summed E-state index contributed by atoms with van der Waals surface area (Å²) in [6, 6.07) is 0. The second-order valence-electron chi connectivity index (χ2n) is 10.1. The predicted molar refractivity (Wildman–Crippen MR) is 132 cm³/mol. The van der Waals surface area contributed by atoms with Gasteiger partial charge >= 0.3 is 12.1 Å². The fourth-order valence-corrected chi connectivity index (χ4v) is 3.63. The number of nitrogens with one attached hydrogen (secondary N) is 3. The highest BCUT2D eigenvalue weighted by Gasteiger charge is 2.47. The molecule has 1 saturated heterocycles. The number of hydrogen-bond donors (Lipinski definition) is 5. The highest BCUT2D eigenvalue weighted by Crippen LogP contribution is 2.33. The van der Waals surface area contributed by atoms with Crippen molar-refractivity contribution in [2.75, 3.05) is 18.5 Å². The SMILES string of the molecule is CC(C)C(=O)Nc1nc2c(ncn2[C@@H]2O[C@H](CO)[C@@H](O)[C@H]2OC(=O)NCCCC(=O)OC(C)(C)C)c(=O)[nH]1. The van der Waals surface area contributed by atoms with Crippen molar-refractivity contribution in [3.05, 3.63) is 16.7 Å². The molecule has 3 rings (SSSR count). The molecule has 1 aliphatic heterocycles. The van der Waals surface area contributed by atoms with E-state index in [-0.39, 0.29) is 41.9 Å². The lowest BCUT2D eigenvalue weighted by atomic mass is 10.1. The van der Waals surface area contributed by atoms with Crippen molar-refractivity contribution in [2.24, 2.45) is 5.92 Å². The molecule has 2 amide bonds. The van der Waals surface area contributed by atoms with Gasteiger partial charge in [-0.15, -0.1) is 0 Å². The number of aromatic amines is 1. The molecule has 0 saturated carbocycles. The Morgan fingerprint density at radius 2 is 2.00 bits per heavy atom. The molecule has 0 aliphatic carbocycles. The first kappa shape index (κ1) is 29.0. The van der Waals surface area contributed by atoms with Crippen molar-refractivity contribution in [3.63, 3.8) is 0 Å². The monoisotopic (exact) mass is 538 g/mol. The van der Waals surface area contributed by atoms with E-state index in [2.05, 4.69) is 25.6 Å². The lowest BCUT2D eigenvalue weighted by Crippen LogP contribution is -2.40. The van der Waals surface area contributed by atoms with Gasteiger partial charge in [0.25, 0.3) is 5.56 Å². The van der Waals surface area contributed by atoms with E-state index in [9.17, 15) is 29.4 Å². The van der Waals surface area contributed by atoms with Crippen LogP contribution in [0, 0.1) is 5.92 Å². The van der Waals surface area contributed by atoms with Crippen LogP contribution in [0.4, 0.5) is 10.7 Å². The van der Waals surface area contributed by atoms with E-state index in [1.54, 1.807) is 34.6 Å². The number of nitrogens with zero attached hydrogens (tertiary/aromatic N) is 3. The Labute approximate surface area is 217 Å². The van der Waals surface area contributed by atoms with Gasteiger partial charge in [0.05, 0.1) is 12.9 Å². The van der Waals surface area contributed by atoms with Crippen LogP contribution < -0.4 is 16.2 Å². The number of esters is 1. The summed E-state index contributed by atoms with van der Waals surface area (Å²) < 4.78 is 17.6. The zero-order chi connectivity index (χ0) is 28.2. The lowest BCUT2D eigenvalue weighted by Gasteiger charge is -2.22. The van der Waals surface area contributed by atoms with Crippen molar-refractivity contribution >= 4 is 35.1 Å². The number of aliphatic hydroxyl groups excluding tert-OH is 2. The molecule has 1 fully saturated rings. The van der Waals surface area contributed by atoms with Gasteiger partial charge in [0.15, 0.2) is 23.5 Å². The Morgan fingerprint density at radius 3 is 2.63 bits per heavy atom. The molecule has 5 N–H and O–H groups in total. The molecule has 0 bridgehead atoms. The zero-order valence-electron chi connectivity index (χ0n) is 21.9. The Morgan fingerprint density at radius 1 is 1.29 bits per heavy atom. The van der Waals surface area contributed by atoms with Gasteiger partial charge in [-0.25, -0.2) is 9.78 Å². The van der Waals surface area contributed by atoms with Crippen LogP contribution in [-0.2, 0) is 23.8 Å². The minimum Gasteiger partial charge on any atom is -0.460 e. The topological polar surface area (TPSA) is 207 Å². The number of aliphatic hydroxyl groups is 2. The number of ether oxygens (including phenoxy) is 3. The smallest absolute Gasteiger partial charge is 0.407 e. The molecular weight excluding hydrogens is 504 g/mol. The maximum Gasteiger partial charge on any atom is 0.407 e. The molecule has 0 radical (unpaired) electrons. The number of imidazole rings is 1. The molecule has 2 aromatic rings. The predicted octanol–water partition coefficient (Wildman–Crippen LogP) is 0.181. The van der Waals surface area contributed by atoms with Crippen molar-refractivity contribution in [1.82, 2.24) is 24.8 Å². The summed E-state index contributed by atoms with van der Waals surface area (Å²) in [6.07, 6.45) is -4.36. The van der Waals surface area contributed by atoms with Crippen molar-refractivity contribution < 1.29 is 38.8 Å². The quantitative estimate of drug-likeness (QED) is 0.215. The van der Waals surface area contributed by atoms with E-state index in [4.69, 9.17) is 14.2 Å². The van der Waals surface area contributed by atoms with E-state index in [1.165, 1.54) is 10.9 Å². The molecule has 4 atom stereocenters. The second kappa shape index (κ2) is 11.9. The average molecular weight is 539 g/mol. The first-order chi connectivity index (χ1) is 17.8. The third kappa shape index (κ3) is 7.05. The summed E-state index contributed by atoms with van der Waals surface area (Å²) in [4.78, 5) is 59.6. The Balaban J connectivity index is 1.74. The standard InChI is InChI=1S/C23H34N6O9/c1-11(2)18(33)27-21-26-17-14(19(34)28-21)25-10-29(17)20-16(15(32)12(9-30)36-20)37-22(35)24-8-6-7-13(31)38-23(3,4)5/h10-12,15-16,20,30,32H,6-9H2,1-5H3,(H,24,35)(H2,26,27,28,33,34)/t12-,15-,16-,20-/m1/s1. The van der Waals surface area contributed by atoms with E-state index in [0.29, 0.717) is 6.42 Å². The molecule has 3 heterocycles. The van der Waals surface area contributed by atoms with Crippen LogP contribution in [-0.4, -0.2) is 84.8 Å². The number of carbonyl (C=O) groups excluding carboxylic acids is 3. The minimum atomic E-state index is -1.42. The third-order valence-electron chi connectivity index (χ3n) is 5.46. The van der Waals surface area contributed by atoms with E-state index in [1.807, 2.05) is 0 Å². The van der Waals surface area contributed by atoms with Gasteiger partial charge in [0.2, 0.25) is 11.9 Å². The average Bonchev–Trinajstić information content (AvgIpc) is 3.36. The van der Waals surface area contributed by atoms with E-state index in [0.717, 1.165) is 0 Å². The largest absolute Gasteiger partial charge is 0.460 e. The fourth-order valence-electron chi connectivity index (χ4n) is 3.63. The molecule has 210 valence electrons. The van der Waals surface area contributed by atoms with E-state index < -0.39 is 54.4 Å². The van der Waals surface area contributed by atoms with Crippen molar-refractivity contribution in [1.29, 1.82) is 0 Å². The second-order valence-corrected chi connectivity index (χ2v) is 10.1. The summed E-state index contributed by atoms with van der Waals surface area (Å²) in [5.41, 5.74) is -1.33. The van der Waals surface area contributed by atoms with Crippen LogP contribution >= 0.6 is 0 Å². The number of hydrogen-bond acceptors (Lipinski definition) is 11. The van der Waals surface area contributed by atoms with Crippen LogP contribution in [0.2, 0.25) is 0 Å². The first-order valence-electron chi connectivity index (χ1n) is 12.2. The number of alkyl carbamates (subject to hydrolysis) is 1. The first-order valence-corrected chi connectivity index (χ1v) is 12.2. The van der Waals surface area contributed by atoms with Crippen molar-refractivity contribution in [3.8, 4) is 0 Å². The van der Waals surface area contributed by atoms with Gasteiger partial charge in [0, 0.05) is 18.9 Å². The summed E-state index contributed by atoms with van der Waals surface area (Å²) in [6.45, 7) is 8.12. The Kier molecular flexibility index (Phi) is 9.06. The fraction of sp³-hybridized carbons (Fsp3) is 0.652. The summed E-state index contributed by atoms with van der Waals surface area (Å²) in [5, 5.41) is 25.3. The number of H-pyrrole nitrogens is 1. The van der Waals surface area contributed by atoms with Gasteiger partial charge in [-0.05, 0) is 27.2 Å². The zero-order valence-corrected chi connectivity index (χ0v) is 21.9. The Hall–Kier alpha value is -3.56. The van der Waals surface area contributed by atoms with Crippen LogP contribution in [0.1, 0.15) is 53.7 Å². The number of amides is 2. The molecule has 38 heavy (non-hydrogen) atoms. The van der Waals surface area contributed by atoms with Crippen LogP contribution in [0.15, 0.2) is 11.1 Å². The molecule has 2 aromatic heterocycles. The molecule has 0 unspecified atom stereocenters. The third-order valence-corrected chi connectivity index (χ3v) is 5.46. The van der Waals surface area contributed by atoms with Crippen LogP contribution in [0.3, 0.4) is 0 Å². The number of rotatable bonds is 9. The maximum atomic E-state index is 12.5. The maximum absolute atomic E-state index is 12.5. The Bertz CT molecular complexity index is 1220. The molecule has 1 aliphatic rings. The van der Waals surface area contributed by atoms with Gasteiger partial charge in [-0.2, -0.15) is 4.98 Å².